The zero-order valence-electron chi connectivity index (χ0n) is 7.23. The Bertz CT molecular complexity index is 292. The number of rotatable bonds is 2. The highest BCUT2D eigenvalue weighted by atomic mass is 32.2. The smallest absolute Gasteiger partial charge is 0.198 e. The number of nitrogens with zero attached hydrogens (tertiary/aromatic N) is 1. The topological polar surface area (TPSA) is 43.1 Å². The number of hydrogen-bond donors (Lipinski definition) is 0. The number of aromatic nitrogens is 1. The molecule has 3 nitrogen and oxygen atoms in total. The van der Waals surface area contributed by atoms with Crippen LogP contribution in [0.5, 0.6) is 0 Å². The Labute approximate surface area is 80.9 Å². The highest BCUT2D eigenvalue weighted by Crippen LogP contribution is 2.30. The molecule has 0 amide bonds. The second-order valence-electron chi connectivity index (χ2n) is 3.11. The van der Waals surface area contributed by atoms with Crippen LogP contribution in [0.2, 0.25) is 0 Å². The van der Waals surface area contributed by atoms with E-state index in [1.54, 1.807) is 0 Å². The molecule has 0 atom stereocenters. The van der Waals surface area contributed by atoms with Crippen LogP contribution >= 0.6 is 11.8 Å². The van der Waals surface area contributed by atoms with Gasteiger partial charge >= 0.3 is 0 Å². The van der Waals surface area contributed by atoms with E-state index in [0.717, 1.165) is 18.7 Å². The molecule has 0 aliphatic carbocycles. The summed E-state index contributed by atoms with van der Waals surface area (Å²) in [6.07, 6.45) is 4.44. The zero-order chi connectivity index (χ0) is 9.10. The largest absolute Gasteiger partial charge is 0.438 e. The molecule has 2 rings (SSSR count). The predicted octanol–water partition coefficient (Wildman–Crippen LogP) is 2.10. The van der Waals surface area contributed by atoms with Crippen molar-refractivity contribution in [2.24, 2.45) is 0 Å². The first-order valence-electron chi connectivity index (χ1n) is 4.39. The van der Waals surface area contributed by atoms with Crippen molar-refractivity contribution in [1.29, 1.82) is 0 Å². The molecule has 0 unspecified atom stereocenters. The third kappa shape index (κ3) is 1.94. The molecule has 4 heteroatoms. The van der Waals surface area contributed by atoms with Crippen LogP contribution in [0.25, 0.3) is 0 Å². The molecule has 1 saturated heterocycles. The first-order valence-corrected chi connectivity index (χ1v) is 5.54. The van der Waals surface area contributed by atoms with Crippen LogP contribution < -0.4 is 0 Å². The first kappa shape index (κ1) is 8.81. The molecule has 0 spiro atoms. The number of thioether (sulfide) groups is 1. The third-order valence-electron chi connectivity index (χ3n) is 2.23. The van der Waals surface area contributed by atoms with Gasteiger partial charge in [-0.2, -0.15) is 11.8 Å². The molecule has 2 heterocycles. The maximum Gasteiger partial charge on any atom is 0.198 e. The van der Waals surface area contributed by atoms with Crippen LogP contribution in [0.15, 0.2) is 10.6 Å². The fourth-order valence-electron chi connectivity index (χ4n) is 1.49. The normalized spacial score (nSPS) is 18.8. The lowest BCUT2D eigenvalue weighted by Crippen LogP contribution is -2.07. The Morgan fingerprint density at radius 3 is 2.92 bits per heavy atom. The third-order valence-corrected chi connectivity index (χ3v) is 3.28. The Hall–Kier alpha value is -0.770. The predicted molar refractivity (Wildman–Crippen MR) is 51.2 cm³/mol. The van der Waals surface area contributed by atoms with Gasteiger partial charge in [-0.1, -0.05) is 0 Å². The fraction of sp³-hybridized carbons (Fsp3) is 0.556. The van der Waals surface area contributed by atoms with Gasteiger partial charge in [0.05, 0.1) is 6.20 Å². The summed E-state index contributed by atoms with van der Waals surface area (Å²) < 4.78 is 5.28. The van der Waals surface area contributed by atoms with E-state index < -0.39 is 0 Å². The second kappa shape index (κ2) is 3.96. The lowest BCUT2D eigenvalue weighted by Gasteiger charge is -2.17. The summed E-state index contributed by atoms with van der Waals surface area (Å²) >= 11 is 1.97. The number of oxazole rings is 1. The molecule has 1 aromatic heterocycles. The summed E-state index contributed by atoms with van der Waals surface area (Å²) in [7, 11) is 0. The Morgan fingerprint density at radius 2 is 2.31 bits per heavy atom. The van der Waals surface area contributed by atoms with E-state index >= 15 is 0 Å². The molecule has 0 N–H and O–H groups in total. The van der Waals surface area contributed by atoms with Gasteiger partial charge in [0.1, 0.15) is 0 Å². The van der Waals surface area contributed by atoms with Crippen LogP contribution in [0.4, 0.5) is 0 Å². The molecule has 1 aliphatic heterocycles. The Morgan fingerprint density at radius 1 is 1.54 bits per heavy atom. The van der Waals surface area contributed by atoms with Crippen molar-refractivity contribution in [2.75, 3.05) is 11.5 Å². The van der Waals surface area contributed by atoms with E-state index in [0.29, 0.717) is 18.0 Å². The zero-order valence-corrected chi connectivity index (χ0v) is 8.05. The molecule has 0 saturated carbocycles. The van der Waals surface area contributed by atoms with E-state index in [9.17, 15) is 4.79 Å². The summed E-state index contributed by atoms with van der Waals surface area (Å²) in [4.78, 5) is 14.5. The van der Waals surface area contributed by atoms with Gasteiger partial charge in [0.2, 0.25) is 0 Å². The van der Waals surface area contributed by atoms with Gasteiger partial charge in [-0.3, -0.25) is 4.79 Å². The molecule has 0 bridgehead atoms. The quantitative estimate of drug-likeness (QED) is 0.681. The first-order chi connectivity index (χ1) is 6.40. The SMILES string of the molecule is O=Cc1cnc(C2CCSCC2)o1. The van der Waals surface area contributed by atoms with Crippen LogP contribution in [0.3, 0.4) is 0 Å². The maximum atomic E-state index is 10.4. The van der Waals surface area contributed by atoms with Crippen molar-refractivity contribution >= 4 is 18.0 Å². The number of aldehydes is 1. The van der Waals surface area contributed by atoms with Crippen LogP contribution in [0.1, 0.15) is 35.2 Å². The summed E-state index contributed by atoms with van der Waals surface area (Å²) in [5.74, 6) is 3.85. The minimum atomic E-state index is 0.341. The highest BCUT2D eigenvalue weighted by molar-refractivity contribution is 7.99. The summed E-state index contributed by atoms with van der Waals surface area (Å²) in [5, 5.41) is 0. The maximum absolute atomic E-state index is 10.4. The highest BCUT2D eigenvalue weighted by Gasteiger charge is 2.20. The van der Waals surface area contributed by atoms with Crippen molar-refractivity contribution in [3.63, 3.8) is 0 Å². The van der Waals surface area contributed by atoms with Gasteiger partial charge in [-0.15, -0.1) is 0 Å². The molecule has 1 aromatic rings. The van der Waals surface area contributed by atoms with E-state index in [1.165, 1.54) is 17.7 Å². The van der Waals surface area contributed by atoms with E-state index in [4.69, 9.17) is 4.42 Å². The van der Waals surface area contributed by atoms with Crippen LogP contribution in [0, 0.1) is 0 Å². The van der Waals surface area contributed by atoms with Crippen molar-refractivity contribution in [3.05, 3.63) is 17.8 Å². The second-order valence-corrected chi connectivity index (χ2v) is 4.33. The van der Waals surface area contributed by atoms with E-state index in [1.807, 2.05) is 11.8 Å². The molecular formula is C9H11NO2S. The van der Waals surface area contributed by atoms with Crippen molar-refractivity contribution in [3.8, 4) is 0 Å². The van der Waals surface area contributed by atoms with Crippen LogP contribution in [-0.4, -0.2) is 22.8 Å². The van der Waals surface area contributed by atoms with E-state index in [2.05, 4.69) is 4.98 Å². The van der Waals surface area contributed by atoms with Gasteiger partial charge in [0.15, 0.2) is 17.9 Å². The molecule has 1 aliphatic rings. The molecule has 70 valence electrons. The van der Waals surface area contributed by atoms with Gasteiger partial charge in [-0.05, 0) is 24.3 Å². The Balaban J connectivity index is 2.09. The van der Waals surface area contributed by atoms with Crippen molar-refractivity contribution < 1.29 is 9.21 Å². The van der Waals surface area contributed by atoms with Crippen molar-refractivity contribution in [2.45, 2.75) is 18.8 Å². The molecule has 0 radical (unpaired) electrons. The fourth-order valence-corrected chi connectivity index (χ4v) is 2.59. The van der Waals surface area contributed by atoms with E-state index in [-0.39, 0.29) is 0 Å². The van der Waals surface area contributed by atoms with Gasteiger partial charge < -0.3 is 4.42 Å². The lowest BCUT2D eigenvalue weighted by molar-refractivity contribution is 0.109. The minimum Gasteiger partial charge on any atom is -0.438 e. The number of hydrogen-bond acceptors (Lipinski definition) is 4. The van der Waals surface area contributed by atoms with Gasteiger partial charge in [-0.25, -0.2) is 4.98 Å². The standard InChI is InChI=1S/C9H11NO2S/c11-6-8-5-10-9(12-8)7-1-3-13-4-2-7/h5-7H,1-4H2. The summed E-state index contributed by atoms with van der Waals surface area (Å²) in [6, 6.07) is 0. The summed E-state index contributed by atoms with van der Waals surface area (Å²) in [6.45, 7) is 0. The minimum absolute atomic E-state index is 0.341. The monoisotopic (exact) mass is 197 g/mol. The van der Waals surface area contributed by atoms with Gasteiger partial charge in [0.25, 0.3) is 0 Å². The average Bonchev–Trinajstić information content (AvgIpc) is 2.67. The van der Waals surface area contributed by atoms with Crippen LogP contribution in [-0.2, 0) is 0 Å². The Kier molecular flexibility index (Phi) is 2.68. The lowest BCUT2D eigenvalue weighted by atomic mass is 10.0. The number of carbonyl (C=O) groups is 1. The molecular weight excluding hydrogens is 186 g/mol. The molecule has 1 fully saturated rings. The molecule has 0 aromatic carbocycles. The van der Waals surface area contributed by atoms with Gasteiger partial charge in [0, 0.05) is 5.92 Å². The molecule has 13 heavy (non-hydrogen) atoms. The number of carbonyl (C=O) groups excluding carboxylic acids is 1. The van der Waals surface area contributed by atoms with Crippen molar-refractivity contribution in [1.82, 2.24) is 4.98 Å². The summed E-state index contributed by atoms with van der Waals surface area (Å²) in [5.41, 5.74) is 0. The average molecular weight is 197 g/mol.